The molecular formula is C98H156N6O24+2. The third-order valence-corrected chi connectivity index (χ3v) is 27.0. The lowest BCUT2D eigenvalue weighted by atomic mass is 9.69. The summed E-state index contributed by atoms with van der Waals surface area (Å²) in [4.78, 5) is 52.2. The summed E-state index contributed by atoms with van der Waals surface area (Å²) < 4.78 is 46.9. The number of ether oxygens (including phenoxy) is 8. The number of aliphatic hydroxyl groups is 12. The highest BCUT2D eigenvalue weighted by atomic mass is 16.8. The monoisotopic (exact) mass is 1800 g/mol. The number of aliphatic hydroxyl groups excluding tert-OH is 12. The Hall–Kier alpha value is -6.12. The molecule has 4 saturated carbocycles. The SMILES string of the molecule is C[C@H]1C(CO)O[C@@H](O[C@H]2C(CO)O[C@H](OCCNC(=O)C(C3CCCCC3)C3CCCCC3)[C@H](O)C2O)[C@H](O)C1O.C[C@H]1C(CO)O[C@@H](O[C@H]2C(CO)O[C@H](OCCNC(=O)C(c3ccccc3)c3ccccc3)[C@H](O)C2O)[C@H](O)C1O.C[N+](C)(C)CCCNC(=O)C(C1CCCCC1)C1CCCCC1.C[N+](C)(C)CCCNC(=O)C(c1ccccc1)c1ccccc1. The first-order valence-corrected chi connectivity index (χ1v) is 47.4. The van der Waals surface area contributed by atoms with Crippen molar-refractivity contribution in [3.63, 3.8) is 0 Å². The van der Waals surface area contributed by atoms with Crippen molar-refractivity contribution in [2.75, 3.05) is 121 Å². The highest BCUT2D eigenvalue weighted by molar-refractivity contribution is 5.88. The topological polar surface area (TPSA) is 433 Å². The van der Waals surface area contributed by atoms with Crippen LogP contribution in [0.5, 0.6) is 0 Å². The first-order chi connectivity index (χ1) is 61.5. The molecule has 0 radical (unpaired) electrons. The van der Waals surface area contributed by atoms with E-state index in [2.05, 4.69) is 63.6 Å². The summed E-state index contributed by atoms with van der Waals surface area (Å²) in [5.41, 5.74) is 3.70. The van der Waals surface area contributed by atoms with Gasteiger partial charge >= 0.3 is 0 Å². The predicted octanol–water partition coefficient (Wildman–Crippen LogP) is 5.65. The maximum Gasteiger partial charge on any atom is 0.232 e. The molecule has 4 aromatic rings. The summed E-state index contributed by atoms with van der Waals surface area (Å²) in [6, 6.07) is 38.6. The van der Waals surface area contributed by atoms with Crippen LogP contribution in [0.4, 0.5) is 0 Å². The normalized spacial score (nSPS) is 29.5. The molecule has 12 rings (SSSR count). The number of carbonyl (C=O) groups is 4. The number of rotatable bonds is 36. The van der Waals surface area contributed by atoms with Crippen LogP contribution in [0.25, 0.3) is 0 Å². The molecule has 8 aliphatic rings. The lowest BCUT2D eigenvalue weighted by molar-refractivity contribution is -0.870. The van der Waals surface area contributed by atoms with Crippen molar-refractivity contribution >= 4 is 23.6 Å². The Kier molecular flexibility index (Phi) is 44.3. The summed E-state index contributed by atoms with van der Waals surface area (Å²) in [6.45, 7) is 5.08. The number of hydrogen-bond donors (Lipinski definition) is 16. The Labute approximate surface area is 758 Å². The molecule has 128 heavy (non-hydrogen) atoms. The fraction of sp³-hybridized carbons (Fsp3) is 0.714. The van der Waals surface area contributed by atoms with E-state index in [1.807, 2.05) is 121 Å². The minimum atomic E-state index is -1.62. The molecule has 30 heteroatoms. The molecule has 8 fully saturated rings. The molecule has 4 amide bonds. The van der Waals surface area contributed by atoms with Crippen LogP contribution < -0.4 is 21.3 Å². The summed E-state index contributed by atoms with van der Waals surface area (Å²) >= 11 is 0. The summed E-state index contributed by atoms with van der Waals surface area (Å²) in [7, 11) is 13.1. The minimum absolute atomic E-state index is 0.00918. The van der Waals surface area contributed by atoms with Crippen molar-refractivity contribution in [2.24, 2.45) is 47.3 Å². The van der Waals surface area contributed by atoms with Crippen LogP contribution in [0.15, 0.2) is 121 Å². The lowest BCUT2D eigenvalue weighted by Gasteiger charge is -2.46. The van der Waals surface area contributed by atoms with Crippen molar-refractivity contribution in [1.82, 2.24) is 21.3 Å². The second-order valence-corrected chi connectivity index (χ2v) is 38.5. The quantitative estimate of drug-likeness (QED) is 0.0193. The van der Waals surface area contributed by atoms with Gasteiger partial charge in [-0.25, -0.2) is 0 Å². The second kappa shape index (κ2) is 53.7. The molecular weight excluding hydrogens is 1650 g/mol. The first kappa shape index (κ1) is 106. The van der Waals surface area contributed by atoms with Crippen LogP contribution in [-0.2, 0) is 57.1 Å². The van der Waals surface area contributed by atoms with E-state index in [1.54, 1.807) is 13.8 Å². The van der Waals surface area contributed by atoms with Gasteiger partial charge in [0.1, 0.15) is 61.0 Å². The molecule has 4 aliphatic carbocycles. The van der Waals surface area contributed by atoms with Crippen molar-refractivity contribution in [3.05, 3.63) is 144 Å². The van der Waals surface area contributed by atoms with E-state index in [0.717, 1.165) is 89.4 Å². The zero-order valence-corrected chi connectivity index (χ0v) is 76.9. The van der Waals surface area contributed by atoms with Gasteiger partial charge in [0, 0.05) is 62.7 Å². The van der Waals surface area contributed by atoms with E-state index in [1.165, 1.54) is 103 Å². The number of hydrogen-bond acceptors (Lipinski definition) is 24. The van der Waals surface area contributed by atoms with Crippen molar-refractivity contribution in [1.29, 1.82) is 0 Å². The summed E-state index contributed by atoms with van der Waals surface area (Å²) in [5, 5.41) is 136. The van der Waals surface area contributed by atoms with Crippen LogP contribution in [0, 0.1) is 47.3 Å². The Balaban J connectivity index is 0.000000200. The molecule has 16 N–H and O–H groups in total. The van der Waals surface area contributed by atoms with Gasteiger partial charge in [-0.3, -0.25) is 19.2 Å². The third-order valence-electron chi connectivity index (χ3n) is 27.0. The molecule has 30 nitrogen and oxygen atoms in total. The number of quaternary nitrogens is 2. The van der Waals surface area contributed by atoms with Gasteiger partial charge in [0.25, 0.3) is 0 Å². The van der Waals surface area contributed by atoms with Gasteiger partial charge in [-0.15, -0.1) is 0 Å². The Morgan fingerprint density at radius 2 is 0.586 bits per heavy atom. The summed E-state index contributed by atoms with van der Waals surface area (Å²) in [5.74, 6) is 0.771. The van der Waals surface area contributed by atoms with Gasteiger partial charge in [-0.2, -0.15) is 0 Å². The average molecular weight is 1800 g/mol. The fourth-order valence-corrected chi connectivity index (χ4v) is 19.6. The zero-order valence-electron chi connectivity index (χ0n) is 76.9. The third kappa shape index (κ3) is 31.5. The van der Waals surface area contributed by atoms with Gasteiger partial charge in [-0.05, 0) is 97.3 Å². The largest absolute Gasteiger partial charge is 0.394 e. The summed E-state index contributed by atoms with van der Waals surface area (Å²) in [6.07, 6.45) is 2.72. The van der Waals surface area contributed by atoms with Crippen LogP contribution in [0.1, 0.15) is 189 Å². The lowest BCUT2D eigenvalue weighted by Crippen LogP contribution is -2.63. The highest BCUT2D eigenvalue weighted by Gasteiger charge is 2.53. The van der Waals surface area contributed by atoms with Crippen molar-refractivity contribution in [3.8, 4) is 0 Å². The number of benzene rings is 4. The van der Waals surface area contributed by atoms with E-state index in [-0.39, 0.29) is 55.9 Å². The Morgan fingerprint density at radius 3 is 0.859 bits per heavy atom. The van der Waals surface area contributed by atoms with Crippen LogP contribution >= 0.6 is 0 Å². The smallest absolute Gasteiger partial charge is 0.232 e. The Bertz CT molecular complexity index is 3640. The molecule has 0 spiro atoms. The number of carbonyl (C=O) groups excluding carboxylic acids is 4. The van der Waals surface area contributed by atoms with E-state index < -0.39 is 155 Å². The van der Waals surface area contributed by atoms with Crippen molar-refractivity contribution < 1.29 is 127 Å². The second-order valence-electron chi connectivity index (χ2n) is 38.5. The van der Waals surface area contributed by atoms with Gasteiger partial charge in [0.2, 0.25) is 23.6 Å². The Morgan fingerprint density at radius 1 is 0.336 bits per heavy atom. The molecule has 20 atom stereocenters. The van der Waals surface area contributed by atoms with E-state index in [4.69, 9.17) is 37.9 Å². The minimum Gasteiger partial charge on any atom is -0.394 e. The number of nitrogens with one attached hydrogen (secondary N) is 4. The molecule has 720 valence electrons. The van der Waals surface area contributed by atoms with Crippen LogP contribution in [0.3, 0.4) is 0 Å². The standard InChI is InChI=1S/C29H51NO11.C29H39NO11.C20H38N2O.C20H26N2O/c2*1-16-19(14-31)39-29(24(35)22(16)33)41-26-20(15-32)40-28(25(36)23(26)34)38-13-12-30-27(37)21(17-8-4-2-5-9-17)18-10-6-3-7-11-18;2*1-22(2,3)16-10-15-21-20(23)19(17-11-6-4-7-12-17)18-13-8-5-9-14-18/h16-26,28-29,31-36H,2-15H2,1H3,(H,30,37);2-11,16,19-26,28-29,31-36H,12-15H2,1H3,(H,30,37);17-19H,4-16H2,1-3H3;4-9,11-14,19H,10,15-16H2,1-3H3/p+2/t2*16-,19?,20?,22?,23?,24+,25+,26-,28-,29-;;/m00../s1. The maximum absolute atomic E-state index is 13.4. The predicted molar refractivity (Wildman–Crippen MR) is 481 cm³/mol. The van der Waals surface area contributed by atoms with E-state index in [9.17, 15) is 80.5 Å². The van der Waals surface area contributed by atoms with Gasteiger partial charge < -0.3 is 129 Å². The molecule has 0 aromatic heterocycles. The highest BCUT2D eigenvalue weighted by Crippen LogP contribution is 2.43. The van der Waals surface area contributed by atoms with Gasteiger partial charge in [0.05, 0.1) is 131 Å². The average Bonchev–Trinajstić information content (AvgIpc) is 0.785. The molecule has 4 aromatic carbocycles. The molecule has 8 unspecified atom stereocenters. The van der Waals surface area contributed by atoms with Crippen LogP contribution in [0.2, 0.25) is 0 Å². The zero-order chi connectivity index (χ0) is 92.5. The van der Waals surface area contributed by atoms with Crippen molar-refractivity contribution in [2.45, 2.75) is 278 Å². The molecule has 4 aliphatic heterocycles. The van der Waals surface area contributed by atoms with Gasteiger partial charge in [-0.1, -0.05) is 212 Å². The number of nitrogens with zero attached hydrogens (tertiary/aromatic N) is 2. The first-order valence-electron chi connectivity index (χ1n) is 47.4. The molecule has 4 heterocycles. The van der Waals surface area contributed by atoms with Crippen LogP contribution in [-0.4, -0.2) is 326 Å². The van der Waals surface area contributed by atoms with E-state index in [0.29, 0.717) is 42.0 Å². The fourth-order valence-electron chi connectivity index (χ4n) is 19.6. The maximum atomic E-state index is 13.4. The van der Waals surface area contributed by atoms with E-state index >= 15 is 0 Å². The van der Waals surface area contributed by atoms with Gasteiger partial charge in [0.15, 0.2) is 25.2 Å². The molecule has 4 saturated heterocycles. The molecule has 0 bridgehead atoms. The number of amides is 4.